The van der Waals surface area contributed by atoms with E-state index in [1.807, 2.05) is 0 Å². The molecule has 0 saturated carbocycles. The molecule has 28 heavy (non-hydrogen) atoms. The van der Waals surface area contributed by atoms with E-state index in [0.717, 1.165) is 25.7 Å². The molecule has 0 spiro atoms. The molecule has 2 N–H and O–H groups in total. The Morgan fingerprint density at radius 3 is 1.86 bits per heavy atom. The highest BCUT2D eigenvalue weighted by Crippen LogP contribution is 2.12. The summed E-state index contributed by atoms with van der Waals surface area (Å²) in [4.78, 5) is 23.1. The number of carbonyl (C=O) groups is 2. The molecule has 0 bridgehead atoms. The zero-order chi connectivity index (χ0) is 21.0. The third-order valence-corrected chi connectivity index (χ3v) is 4.83. The Hall–Kier alpha value is -1.20. The van der Waals surface area contributed by atoms with E-state index in [0.29, 0.717) is 6.42 Å². The van der Waals surface area contributed by atoms with Gasteiger partial charge in [-0.05, 0) is 32.1 Å². The molecule has 0 amide bonds. The summed E-state index contributed by atoms with van der Waals surface area (Å²) in [5.41, 5.74) is 0. The molecule has 0 rings (SSSR count). The molecule has 0 aliphatic rings. The van der Waals surface area contributed by atoms with Crippen molar-refractivity contribution in [2.75, 3.05) is 6.61 Å². The van der Waals surface area contributed by atoms with E-state index in [-0.39, 0.29) is 12.2 Å². The second kappa shape index (κ2) is 19.1. The Balaban J connectivity index is 3.61. The molecule has 5 nitrogen and oxygen atoms in total. The molecular formula is C23H42O5. The fourth-order valence-corrected chi connectivity index (χ4v) is 3.15. The van der Waals surface area contributed by atoms with Crippen LogP contribution in [0.3, 0.4) is 0 Å². The first-order valence-corrected chi connectivity index (χ1v) is 11.2. The normalized spacial score (nSPS) is 13.6. The van der Waals surface area contributed by atoms with Crippen LogP contribution in [0.4, 0.5) is 0 Å². The lowest BCUT2D eigenvalue weighted by atomic mass is 10.0. The van der Waals surface area contributed by atoms with Gasteiger partial charge in [-0.25, -0.2) is 0 Å². The van der Waals surface area contributed by atoms with Crippen LogP contribution >= 0.6 is 0 Å². The first kappa shape index (κ1) is 26.8. The van der Waals surface area contributed by atoms with Gasteiger partial charge < -0.3 is 14.9 Å². The summed E-state index contributed by atoms with van der Waals surface area (Å²) < 4.78 is 4.83. The van der Waals surface area contributed by atoms with Crippen molar-refractivity contribution in [3.8, 4) is 0 Å². The lowest BCUT2D eigenvalue weighted by molar-refractivity contribution is -0.161. The number of allylic oxidation sites excluding steroid dienone is 2. The predicted molar refractivity (Wildman–Crippen MR) is 113 cm³/mol. The molecule has 5 heteroatoms. The molecule has 0 heterocycles. The Morgan fingerprint density at radius 1 is 0.857 bits per heavy atom. The molecular weight excluding hydrogens is 356 g/mol. The summed E-state index contributed by atoms with van der Waals surface area (Å²) in [6.07, 6.45) is 17.6. The maximum Gasteiger partial charge on any atom is 0.303 e. The standard InChI is InChI=1S/C23H42O5/c1-3-4-5-6-7-8-9-10-11-12-13-14-15-16-17-18-21(26)23(22(27)19-24)28-20(2)25/h10-11,22-24,27H,3-9,12-19H2,1-2H3. The maximum absolute atomic E-state index is 12.1. The van der Waals surface area contributed by atoms with Gasteiger partial charge in [0.05, 0.1) is 6.61 Å². The quantitative estimate of drug-likeness (QED) is 0.184. The molecule has 0 aromatic carbocycles. The van der Waals surface area contributed by atoms with Crippen LogP contribution in [0.1, 0.15) is 104 Å². The van der Waals surface area contributed by atoms with Gasteiger partial charge in [0, 0.05) is 13.3 Å². The summed E-state index contributed by atoms with van der Waals surface area (Å²) in [7, 11) is 0. The fourth-order valence-electron chi connectivity index (χ4n) is 3.15. The van der Waals surface area contributed by atoms with Gasteiger partial charge in [0.2, 0.25) is 0 Å². The topological polar surface area (TPSA) is 83.8 Å². The second-order valence-corrected chi connectivity index (χ2v) is 7.58. The van der Waals surface area contributed by atoms with Crippen molar-refractivity contribution in [1.82, 2.24) is 0 Å². The molecule has 2 atom stereocenters. The lowest BCUT2D eigenvalue weighted by Gasteiger charge is -2.19. The van der Waals surface area contributed by atoms with E-state index in [1.54, 1.807) is 0 Å². The van der Waals surface area contributed by atoms with Gasteiger partial charge in [-0.15, -0.1) is 0 Å². The highest BCUT2D eigenvalue weighted by molar-refractivity contribution is 5.85. The van der Waals surface area contributed by atoms with Crippen LogP contribution in [-0.4, -0.2) is 40.8 Å². The summed E-state index contributed by atoms with van der Waals surface area (Å²) >= 11 is 0. The number of carbonyl (C=O) groups excluding carboxylic acids is 2. The monoisotopic (exact) mass is 398 g/mol. The van der Waals surface area contributed by atoms with Crippen molar-refractivity contribution in [2.24, 2.45) is 0 Å². The van der Waals surface area contributed by atoms with Crippen LogP contribution < -0.4 is 0 Å². The minimum absolute atomic E-state index is 0.257. The van der Waals surface area contributed by atoms with Crippen LogP contribution in [0.5, 0.6) is 0 Å². The van der Waals surface area contributed by atoms with Crippen molar-refractivity contribution in [2.45, 2.75) is 116 Å². The van der Waals surface area contributed by atoms with E-state index in [2.05, 4.69) is 19.1 Å². The van der Waals surface area contributed by atoms with Crippen molar-refractivity contribution in [1.29, 1.82) is 0 Å². The van der Waals surface area contributed by atoms with Crippen LogP contribution in [-0.2, 0) is 14.3 Å². The zero-order valence-corrected chi connectivity index (χ0v) is 18.0. The average molecular weight is 399 g/mol. The second-order valence-electron chi connectivity index (χ2n) is 7.58. The van der Waals surface area contributed by atoms with Gasteiger partial charge in [-0.3, -0.25) is 9.59 Å². The minimum Gasteiger partial charge on any atom is -0.452 e. The van der Waals surface area contributed by atoms with Gasteiger partial charge in [-0.1, -0.05) is 70.4 Å². The number of ether oxygens (including phenoxy) is 1. The number of aliphatic hydroxyl groups excluding tert-OH is 2. The predicted octanol–water partition coefficient (Wildman–Crippen LogP) is 4.88. The Labute approximate surface area is 171 Å². The third kappa shape index (κ3) is 15.8. The molecule has 0 aromatic heterocycles. The summed E-state index contributed by atoms with van der Waals surface area (Å²) in [5, 5.41) is 18.6. The number of hydrogen-bond acceptors (Lipinski definition) is 5. The van der Waals surface area contributed by atoms with E-state index >= 15 is 0 Å². The largest absolute Gasteiger partial charge is 0.452 e. The van der Waals surface area contributed by atoms with E-state index in [9.17, 15) is 14.7 Å². The number of aliphatic hydroxyl groups is 2. The van der Waals surface area contributed by atoms with Crippen LogP contribution in [0.25, 0.3) is 0 Å². The first-order valence-electron chi connectivity index (χ1n) is 11.2. The number of unbranched alkanes of at least 4 members (excludes halogenated alkanes) is 11. The van der Waals surface area contributed by atoms with E-state index < -0.39 is 24.8 Å². The van der Waals surface area contributed by atoms with E-state index in [1.165, 1.54) is 58.3 Å². The van der Waals surface area contributed by atoms with Crippen molar-refractivity contribution >= 4 is 11.8 Å². The van der Waals surface area contributed by atoms with Gasteiger partial charge in [0.1, 0.15) is 6.10 Å². The van der Waals surface area contributed by atoms with Crippen molar-refractivity contribution in [3.05, 3.63) is 12.2 Å². The molecule has 164 valence electrons. The number of esters is 1. The SMILES string of the molecule is CCCCCCCCC=CCCCCCCCC(=O)C(OC(C)=O)C(O)CO. The highest BCUT2D eigenvalue weighted by atomic mass is 16.6. The number of ketones is 1. The molecule has 0 aliphatic carbocycles. The van der Waals surface area contributed by atoms with Gasteiger partial charge in [0.25, 0.3) is 0 Å². The van der Waals surface area contributed by atoms with Crippen LogP contribution in [0.2, 0.25) is 0 Å². The lowest BCUT2D eigenvalue weighted by Crippen LogP contribution is -2.40. The fraction of sp³-hybridized carbons (Fsp3) is 0.826. The maximum atomic E-state index is 12.1. The summed E-state index contributed by atoms with van der Waals surface area (Å²) in [5.74, 6) is -0.954. The molecule has 0 radical (unpaired) electrons. The van der Waals surface area contributed by atoms with Gasteiger partial charge in [0.15, 0.2) is 11.9 Å². The molecule has 0 aliphatic heterocycles. The Kier molecular flexibility index (Phi) is 18.3. The average Bonchev–Trinajstić information content (AvgIpc) is 2.68. The first-order chi connectivity index (χ1) is 13.5. The summed E-state index contributed by atoms with van der Waals surface area (Å²) in [6.45, 7) is 2.83. The molecule has 0 aromatic rings. The molecule has 0 fully saturated rings. The van der Waals surface area contributed by atoms with Crippen molar-refractivity contribution < 1.29 is 24.5 Å². The van der Waals surface area contributed by atoms with Crippen LogP contribution in [0, 0.1) is 0 Å². The van der Waals surface area contributed by atoms with Gasteiger partial charge >= 0.3 is 5.97 Å². The van der Waals surface area contributed by atoms with E-state index in [4.69, 9.17) is 9.84 Å². The smallest absolute Gasteiger partial charge is 0.303 e. The molecule has 2 unspecified atom stereocenters. The minimum atomic E-state index is -1.35. The zero-order valence-electron chi connectivity index (χ0n) is 18.0. The Morgan fingerprint density at radius 2 is 1.36 bits per heavy atom. The van der Waals surface area contributed by atoms with Crippen molar-refractivity contribution in [3.63, 3.8) is 0 Å². The number of Topliss-reactive ketones (excluding diaryl/α,β-unsaturated/α-hetero) is 1. The number of hydrogen-bond donors (Lipinski definition) is 2. The Bertz CT molecular complexity index is 419. The number of rotatable bonds is 19. The summed E-state index contributed by atoms with van der Waals surface area (Å²) in [6, 6.07) is 0. The van der Waals surface area contributed by atoms with Gasteiger partial charge in [-0.2, -0.15) is 0 Å². The third-order valence-electron chi connectivity index (χ3n) is 4.83. The molecule has 0 saturated heterocycles. The van der Waals surface area contributed by atoms with Crippen LogP contribution in [0.15, 0.2) is 12.2 Å². The highest BCUT2D eigenvalue weighted by Gasteiger charge is 2.28.